The number of non-ortho nitro benzene ring substituents is 1. The largest absolute Gasteiger partial charge is 0.480 e. The molecule has 0 bridgehead atoms. The third kappa shape index (κ3) is 5.84. The van der Waals surface area contributed by atoms with Crippen LogP contribution in [0.1, 0.15) is 37.7 Å². The summed E-state index contributed by atoms with van der Waals surface area (Å²) in [4.78, 5) is 34.0. The van der Waals surface area contributed by atoms with E-state index in [1.54, 1.807) is 6.07 Å². The van der Waals surface area contributed by atoms with Crippen molar-refractivity contribution in [2.24, 2.45) is 0 Å². The molecule has 11 nitrogen and oxygen atoms in total. The van der Waals surface area contributed by atoms with Crippen molar-refractivity contribution in [1.82, 2.24) is 20.3 Å². The van der Waals surface area contributed by atoms with E-state index in [2.05, 4.69) is 15.6 Å². The van der Waals surface area contributed by atoms with Gasteiger partial charge in [-0.15, -0.1) is 5.10 Å². The molecule has 0 aliphatic carbocycles. The van der Waals surface area contributed by atoms with Crippen molar-refractivity contribution in [1.29, 1.82) is 0 Å². The average Bonchev–Trinajstić information content (AvgIpc) is 3.10. The molecule has 28 heavy (non-hydrogen) atoms. The Kier molecular flexibility index (Phi) is 6.41. The lowest BCUT2D eigenvalue weighted by atomic mass is 10.1. The van der Waals surface area contributed by atoms with E-state index in [9.17, 15) is 24.8 Å². The molecule has 2 rings (SSSR count). The van der Waals surface area contributed by atoms with Crippen LogP contribution in [0.15, 0.2) is 30.5 Å². The molecule has 0 saturated heterocycles. The number of ether oxygens (including phenoxy) is 1. The molecule has 0 aliphatic heterocycles. The maximum absolute atomic E-state index is 12.3. The number of carboxylic acids is 1. The van der Waals surface area contributed by atoms with Crippen molar-refractivity contribution in [2.45, 2.75) is 38.8 Å². The Balaban J connectivity index is 2.07. The maximum Gasteiger partial charge on any atom is 0.326 e. The summed E-state index contributed by atoms with van der Waals surface area (Å²) < 4.78 is 6.68. The number of amides is 1. The predicted octanol–water partition coefficient (Wildman–Crippen LogP) is 1.56. The number of carbonyl (C=O) groups is 2. The first kappa shape index (κ1) is 21.0. The molecular weight excluding hydrogens is 370 g/mol. The molecule has 0 spiro atoms. The molecule has 2 aromatic rings. The predicted molar refractivity (Wildman–Crippen MR) is 97.2 cm³/mol. The highest BCUT2D eigenvalue weighted by Gasteiger charge is 2.23. The summed E-state index contributed by atoms with van der Waals surface area (Å²) in [5.74, 6) is -1.92. The van der Waals surface area contributed by atoms with Gasteiger partial charge in [-0.1, -0.05) is 11.3 Å². The number of nitro groups is 1. The van der Waals surface area contributed by atoms with Gasteiger partial charge in [-0.2, -0.15) is 0 Å². The summed E-state index contributed by atoms with van der Waals surface area (Å²) in [6, 6.07) is 4.49. The van der Waals surface area contributed by atoms with Crippen LogP contribution in [0.25, 0.3) is 5.69 Å². The number of aromatic nitrogens is 3. The Morgan fingerprint density at radius 1 is 1.39 bits per heavy atom. The molecule has 2 N–H and O–H groups in total. The highest BCUT2D eigenvalue weighted by atomic mass is 16.6. The number of benzene rings is 1. The van der Waals surface area contributed by atoms with Gasteiger partial charge in [0.05, 0.1) is 22.4 Å². The van der Waals surface area contributed by atoms with E-state index in [0.717, 1.165) is 0 Å². The topological polar surface area (TPSA) is 149 Å². The molecule has 150 valence electrons. The molecule has 0 radical (unpaired) electrons. The molecule has 0 aliphatic rings. The number of nitrogens with one attached hydrogen (secondary N) is 1. The first-order valence-electron chi connectivity index (χ1n) is 8.41. The van der Waals surface area contributed by atoms with E-state index >= 15 is 0 Å². The molecule has 0 fully saturated rings. The molecule has 1 atom stereocenters. The first-order chi connectivity index (χ1) is 13.1. The Hall–Kier alpha value is -3.34. The minimum absolute atomic E-state index is 0.0807. The van der Waals surface area contributed by atoms with Crippen molar-refractivity contribution in [2.75, 3.05) is 6.61 Å². The van der Waals surface area contributed by atoms with Gasteiger partial charge in [0.15, 0.2) is 5.69 Å². The number of rotatable bonds is 8. The van der Waals surface area contributed by atoms with Crippen molar-refractivity contribution in [3.05, 3.63) is 46.3 Å². The van der Waals surface area contributed by atoms with Crippen molar-refractivity contribution < 1.29 is 24.4 Å². The average molecular weight is 391 g/mol. The lowest BCUT2D eigenvalue weighted by molar-refractivity contribution is -0.384. The fourth-order valence-corrected chi connectivity index (χ4v) is 2.22. The second kappa shape index (κ2) is 8.57. The molecule has 0 saturated carbocycles. The molecule has 1 heterocycles. The SMILES string of the molecule is CC(C)(C)OCCC(NC(=O)c1cn(-c2cccc([N+](=O)[O-])c2)nn1)C(=O)O. The minimum Gasteiger partial charge on any atom is -0.480 e. The Morgan fingerprint density at radius 2 is 2.11 bits per heavy atom. The summed E-state index contributed by atoms with van der Waals surface area (Å²) in [7, 11) is 0. The van der Waals surface area contributed by atoms with E-state index in [1.165, 1.54) is 29.1 Å². The van der Waals surface area contributed by atoms with E-state index in [0.29, 0.717) is 5.69 Å². The van der Waals surface area contributed by atoms with Gasteiger partial charge in [-0.25, -0.2) is 9.48 Å². The highest BCUT2D eigenvalue weighted by molar-refractivity contribution is 5.94. The maximum atomic E-state index is 12.3. The van der Waals surface area contributed by atoms with Gasteiger partial charge in [0, 0.05) is 25.2 Å². The third-order valence-corrected chi connectivity index (χ3v) is 3.58. The molecule has 1 amide bonds. The highest BCUT2D eigenvalue weighted by Crippen LogP contribution is 2.16. The third-order valence-electron chi connectivity index (χ3n) is 3.58. The summed E-state index contributed by atoms with van der Waals surface area (Å²) >= 11 is 0. The van der Waals surface area contributed by atoms with Gasteiger partial charge in [0.1, 0.15) is 6.04 Å². The fourth-order valence-electron chi connectivity index (χ4n) is 2.22. The molecular formula is C17H21N5O6. The zero-order chi connectivity index (χ0) is 20.9. The zero-order valence-electron chi connectivity index (χ0n) is 15.7. The smallest absolute Gasteiger partial charge is 0.326 e. The number of nitrogens with zero attached hydrogens (tertiary/aromatic N) is 4. The lowest BCUT2D eigenvalue weighted by Crippen LogP contribution is -2.42. The molecule has 1 aromatic heterocycles. The summed E-state index contributed by atoms with van der Waals surface area (Å²) in [6.45, 7) is 5.68. The van der Waals surface area contributed by atoms with Crippen molar-refractivity contribution in [3.63, 3.8) is 0 Å². The Morgan fingerprint density at radius 3 is 2.71 bits per heavy atom. The fraction of sp³-hybridized carbons (Fsp3) is 0.412. The van der Waals surface area contributed by atoms with E-state index in [1.807, 2.05) is 20.8 Å². The van der Waals surface area contributed by atoms with Crippen LogP contribution in [0.3, 0.4) is 0 Å². The van der Waals surface area contributed by atoms with Crippen LogP contribution in [0.5, 0.6) is 0 Å². The summed E-state index contributed by atoms with van der Waals surface area (Å²) in [5.41, 5.74) is -0.332. The zero-order valence-corrected chi connectivity index (χ0v) is 15.7. The van der Waals surface area contributed by atoms with E-state index in [4.69, 9.17) is 4.74 Å². The van der Waals surface area contributed by atoms with Crippen LogP contribution in [-0.4, -0.2) is 55.1 Å². The van der Waals surface area contributed by atoms with Crippen LogP contribution >= 0.6 is 0 Å². The first-order valence-corrected chi connectivity index (χ1v) is 8.41. The van der Waals surface area contributed by atoms with Crippen LogP contribution in [0.4, 0.5) is 5.69 Å². The van der Waals surface area contributed by atoms with Crippen LogP contribution < -0.4 is 5.32 Å². The summed E-state index contributed by atoms with van der Waals surface area (Å²) in [6.07, 6.45) is 1.34. The number of nitro benzene ring substituents is 1. The number of hydrogen-bond donors (Lipinski definition) is 2. The number of hydrogen-bond acceptors (Lipinski definition) is 7. The monoisotopic (exact) mass is 391 g/mol. The second-order valence-corrected chi connectivity index (χ2v) is 6.94. The lowest BCUT2D eigenvalue weighted by Gasteiger charge is -2.21. The van der Waals surface area contributed by atoms with Gasteiger partial charge in [0.25, 0.3) is 11.6 Å². The number of carboxylic acid groups (broad SMARTS) is 1. The molecule has 11 heteroatoms. The van der Waals surface area contributed by atoms with Gasteiger partial charge >= 0.3 is 5.97 Å². The van der Waals surface area contributed by atoms with E-state index in [-0.39, 0.29) is 24.4 Å². The second-order valence-electron chi connectivity index (χ2n) is 6.94. The van der Waals surface area contributed by atoms with Crippen molar-refractivity contribution in [3.8, 4) is 5.69 Å². The number of aliphatic carboxylic acids is 1. The Bertz CT molecular complexity index is 873. The summed E-state index contributed by atoms with van der Waals surface area (Å²) in [5, 5.41) is 30.0. The van der Waals surface area contributed by atoms with Crippen molar-refractivity contribution >= 4 is 17.6 Å². The standard InChI is InChI=1S/C17H21N5O6/c1-17(2,3)28-8-7-13(16(24)25)18-15(23)14-10-21(20-19-14)11-5-4-6-12(9-11)22(26)27/h4-6,9-10,13H,7-8H2,1-3H3,(H,18,23)(H,24,25). The van der Waals surface area contributed by atoms with Crippen LogP contribution in [-0.2, 0) is 9.53 Å². The molecule has 1 aromatic carbocycles. The van der Waals surface area contributed by atoms with E-state index < -0.39 is 28.4 Å². The van der Waals surface area contributed by atoms with Gasteiger partial charge < -0.3 is 15.2 Å². The van der Waals surface area contributed by atoms with Gasteiger partial charge in [-0.05, 0) is 26.8 Å². The molecule has 1 unspecified atom stereocenters. The number of carbonyl (C=O) groups excluding carboxylic acids is 1. The van der Waals surface area contributed by atoms with Crippen LogP contribution in [0.2, 0.25) is 0 Å². The normalized spacial score (nSPS) is 12.4. The van der Waals surface area contributed by atoms with Gasteiger partial charge in [0.2, 0.25) is 0 Å². The van der Waals surface area contributed by atoms with Gasteiger partial charge in [-0.3, -0.25) is 14.9 Å². The quantitative estimate of drug-likeness (QED) is 0.508. The minimum atomic E-state index is -1.20. The Labute approximate surface area is 160 Å². The van der Waals surface area contributed by atoms with Crippen LogP contribution in [0, 0.1) is 10.1 Å².